The van der Waals surface area contributed by atoms with E-state index < -0.39 is 17.7 Å². The van der Waals surface area contributed by atoms with Crippen LogP contribution in [0.3, 0.4) is 0 Å². The van der Waals surface area contributed by atoms with Gasteiger partial charge in [-0.2, -0.15) is 0 Å². The third kappa shape index (κ3) is 4.16. The Hall–Kier alpha value is -3.32. The summed E-state index contributed by atoms with van der Waals surface area (Å²) in [5.74, 6) is -0.0515. The minimum absolute atomic E-state index is 0.0210. The third-order valence-electron chi connectivity index (χ3n) is 5.86. The summed E-state index contributed by atoms with van der Waals surface area (Å²) in [6.45, 7) is 7.89. The summed E-state index contributed by atoms with van der Waals surface area (Å²) in [5, 5.41) is 11.4. The summed E-state index contributed by atoms with van der Waals surface area (Å²) >= 11 is 3.40. The van der Waals surface area contributed by atoms with Crippen LogP contribution in [0.1, 0.15) is 49.5 Å². The molecule has 2 heterocycles. The number of rotatable bonds is 4. The fraction of sp³-hybridized carbons (Fsp3) is 0.259. The minimum atomic E-state index is -0.907. The van der Waals surface area contributed by atoms with Crippen molar-refractivity contribution in [3.05, 3.63) is 87.3 Å². The van der Waals surface area contributed by atoms with E-state index in [2.05, 4.69) is 15.9 Å². The molecule has 7 heteroatoms. The van der Waals surface area contributed by atoms with Gasteiger partial charge in [0.15, 0.2) is 0 Å². The average molecular weight is 524 g/mol. The summed E-state index contributed by atoms with van der Waals surface area (Å²) in [7, 11) is 1.59. The summed E-state index contributed by atoms with van der Waals surface area (Å²) in [5.41, 5.74) is 1.52. The number of anilines is 1. The second-order valence-electron chi connectivity index (χ2n) is 9.26. The van der Waals surface area contributed by atoms with Crippen LogP contribution in [0.25, 0.3) is 5.76 Å². The molecule has 1 fully saturated rings. The van der Waals surface area contributed by atoms with Crippen LogP contribution in [0.2, 0.25) is 0 Å². The highest BCUT2D eigenvalue weighted by Crippen LogP contribution is 2.43. The monoisotopic (exact) mass is 523 g/mol. The van der Waals surface area contributed by atoms with Gasteiger partial charge in [0, 0.05) is 21.3 Å². The molecule has 1 N–H and O–H groups in total. The Kier molecular flexibility index (Phi) is 6.16. The van der Waals surface area contributed by atoms with Crippen LogP contribution in [0, 0.1) is 6.92 Å². The molecule has 1 aliphatic heterocycles. The molecule has 1 unspecified atom stereocenters. The summed E-state index contributed by atoms with van der Waals surface area (Å²) in [4.78, 5) is 27.9. The number of nitrogens with zero attached hydrogens (tertiary/aromatic N) is 1. The van der Waals surface area contributed by atoms with Gasteiger partial charge in [0.1, 0.15) is 29.1 Å². The number of amides is 1. The number of ketones is 1. The number of carbonyl (C=O) groups is 2. The topological polar surface area (TPSA) is 80.0 Å². The van der Waals surface area contributed by atoms with Crippen molar-refractivity contribution >= 4 is 39.1 Å². The predicted molar refractivity (Wildman–Crippen MR) is 134 cm³/mol. The Balaban J connectivity index is 1.94. The van der Waals surface area contributed by atoms with Crippen molar-refractivity contribution in [3.8, 4) is 5.75 Å². The highest BCUT2D eigenvalue weighted by Gasteiger charge is 2.48. The third-order valence-corrected chi connectivity index (χ3v) is 6.39. The molecule has 0 aliphatic carbocycles. The van der Waals surface area contributed by atoms with Gasteiger partial charge < -0.3 is 14.3 Å². The lowest BCUT2D eigenvalue weighted by molar-refractivity contribution is -0.132. The Bertz CT molecular complexity index is 1300. The molecular weight excluding hydrogens is 498 g/mol. The maximum absolute atomic E-state index is 13.3. The molecule has 0 radical (unpaired) electrons. The van der Waals surface area contributed by atoms with Gasteiger partial charge in [0.25, 0.3) is 11.7 Å². The molecule has 1 saturated heterocycles. The van der Waals surface area contributed by atoms with E-state index in [-0.39, 0.29) is 16.7 Å². The molecule has 3 aromatic rings. The van der Waals surface area contributed by atoms with Crippen LogP contribution in [0.4, 0.5) is 5.69 Å². The van der Waals surface area contributed by atoms with Gasteiger partial charge in [-0.1, -0.05) is 36.7 Å². The molecule has 1 atom stereocenters. The Morgan fingerprint density at radius 2 is 1.74 bits per heavy atom. The van der Waals surface area contributed by atoms with Gasteiger partial charge in [0.05, 0.1) is 12.7 Å². The van der Waals surface area contributed by atoms with Crippen molar-refractivity contribution in [1.29, 1.82) is 0 Å². The highest BCUT2D eigenvalue weighted by molar-refractivity contribution is 9.10. The molecule has 0 spiro atoms. The zero-order chi connectivity index (χ0) is 24.8. The first-order valence-electron chi connectivity index (χ1n) is 10.8. The lowest BCUT2D eigenvalue weighted by atomic mass is 9.84. The fourth-order valence-electron chi connectivity index (χ4n) is 4.17. The second-order valence-corrected chi connectivity index (χ2v) is 10.2. The summed E-state index contributed by atoms with van der Waals surface area (Å²) in [6.07, 6.45) is 0. The Morgan fingerprint density at radius 1 is 1.06 bits per heavy atom. The molecule has 0 saturated carbocycles. The molecule has 1 aliphatic rings. The second kappa shape index (κ2) is 8.80. The molecule has 176 valence electrons. The maximum Gasteiger partial charge on any atom is 0.300 e. The number of hydrogen-bond donors (Lipinski definition) is 1. The quantitative estimate of drug-likeness (QED) is 0.247. The zero-order valence-corrected chi connectivity index (χ0v) is 21.3. The maximum atomic E-state index is 13.3. The number of carbonyl (C=O) groups excluding carboxylic acids is 2. The number of aryl methyl sites for hydroxylation is 1. The molecule has 1 amide bonds. The predicted octanol–water partition coefficient (Wildman–Crippen LogP) is 6.28. The van der Waals surface area contributed by atoms with Gasteiger partial charge in [-0.25, -0.2) is 0 Å². The lowest BCUT2D eigenvalue weighted by Gasteiger charge is -2.24. The first kappa shape index (κ1) is 23.8. The van der Waals surface area contributed by atoms with Gasteiger partial charge in [-0.3, -0.25) is 14.5 Å². The largest absolute Gasteiger partial charge is 0.507 e. The van der Waals surface area contributed by atoms with E-state index in [0.29, 0.717) is 28.5 Å². The van der Waals surface area contributed by atoms with E-state index >= 15 is 0 Å². The summed E-state index contributed by atoms with van der Waals surface area (Å²) < 4.78 is 12.2. The van der Waals surface area contributed by atoms with Crippen LogP contribution in [0.15, 0.2) is 69.1 Å². The van der Waals surface area contributed by atoms with Crippen molar-refractivity contribution < 1.29 is 23.8 Å². The molecular formula is C27H26BrNO5. The number of Topliss-reactive ketones (excluding diaryl/α,β-unsaturated/α-hetero) is 1. The molecule has 34 heavy (non-hydrogen) atoms. The molecule has 2 aromatic carbocycles. The Labute approximate surface area is 207 Å². The first-order valence-corrected chi connectivity index (χ1v) is 11.6. The van der Waals surface area contributed by atoms with Gasteiger partial charge in [-0.15, -0.1) is 0 Å². The van der Waals surface area contributed by atoms with E-state index in [0.717, 1.165) is 10.0 Å². The number of hydrogen-bond acceptors (Lipinski definition) is 5. The van der Waals surface area contributed by atoms with E-state index in [1.54, 1.807) is 68.6 Å². The highest BCUT2D eigenvalue weighted by atomic mass is 79.9. The van der Waals surface area contributed by atoms with Gasteiger partial charge >= 0.3 is 0 Å². The van der Waals surface area contributed by atoms with E-state index in [1.165, 1.54) is 4.90 Å². The molecule has 4 rings (SSSR count). The number of benzene rings is 2. The van der Waals surface area contributed by atoms with Gasteiger partial charge in [0.2, 0.25) is 0 Å². The number of halogens is 1. The van der Waals surface area contributed by atoms with E-state index in [9.17, 15) is 14.7 Å². The lowest BCUT2D eigenvalue weighted by Crippen LogP contribution is -2.29. The smallest absolute Gasteiger partial charge is 0.300 e. The minimum Gasteiger partial charge on any atom is -0.507 e. The number of aliphatic hydroxyl groups is 1. The first-order chi connectivity index (χ1) is 16.0. The van der Waals surface area contributed by atoms with Crippen LogP contribution < -0.4 is 9.64 Å². The SMILES string of the molecule is COc1ccc(/C(O)=C2/C(=O)C(=O)N(c3ccc(Br)cc3)C2c2ccc(C)o2)cc1C(C)(C)C. The average Bonchev–Trinajstić information content (AvgIpc) is 3.34. The number of ether oxygens (including phenoxy) is 1. The standard InChI is InChI=1S/C27H26BrNO5/c1-15-6-12-21(34-15)23-22(25(31)26(32)29(23)18-10-8-17(28)9-11-18)24(30)16-7-13-20(33-5)19(14-16)27(2,3)4/h6-14,23,30H,1-5H3/b24-22-. The van der Waals surface area contributed by atoms with Crippen LogP contribution in [0.5, 0.6) is 5.75 Å². The van der Waals surface area contributed by atoms with Crippen molar-refractivity contribution in [3.63, 3.8) is 0 Å². The number of aliphatic hydroxyl groups excluding tert-OH is 1. The Morgan fingerprint density at radius 3 is 2.29 bits per heavy atom. The van der Waals surface area contributed by atoms with Crippen molar-refractivity contribution in [2.45, 2.75) is 39.2 Å². The number of furan rings is 1. The van der Waals surface area contributed by atoms with E-state index in [4.69, 9.17) is 9.15 Å². The fourth-order valence-corrected chi connectivity index (χ4v) is 4.43. The zero-order valence-electron chi connectivity index (χ0n) is 19.7. The van der Waals surface area contributed by atoms with Gasteiger partial charge in [-0.05, 0) is 66.9 Å². The van der Waals surface area contributed by atoms with Crippen LogP contribution in [-0.2, 0) is 15.0 Å². The van der Waals surface area contributed by atoms with E-state index in [1.807, 2.05) is 20.8 Å². The number of methoxy groups -OCH3 is 1. The summed E-state index contributed by atoms with van der Waals surface area (Å²) in [6, 6.07) is 14.9. The molecule has 1 aromatic heterocycles. The van der Waals surface area contributed by atoms with Crippen molar-refractivity contribution in [1.82, 2.24) is 0 Å². The van der Waals surface area contributed by atoms with Crippen LogP contribution >= 0.6 is 15.9 Å². The van der Waals surface area contributed by atoms with Crippen molar-refractivity contribution in [2.24, 2.45) is 0 Å². The van der Waals surface area contributed by atoms with Crippen LogP contribution in [-0.4, -0.2) is 23.9 Å². The molecule has 6 nitrogen and oxygen atoms in total. The molecule has 0 bridgehead atoms. The van der Waals surface area contributed by atoms with Crippen molar-refractivity contribution in [2.75, 3.05) is 12.0 Å². The normalized spacial score (nSPS) is 17.9.